The van der Waals surface area contributed by atoms with Crippen LogP contribution in [0.5, 0.6) is 0 Å². The molecule has 8 heteroatoms. The number of carbonyl (C=O) groups is 2. The second-order valence-electron chi connectivity index (χ2n) is 14.1. The zero-order valence-corrected chi connectivity index (χ0v) is 28.3. The van der Waals surface area contributed by atoms with Gasteiger partial charge in [0.15, 0.2) is 0 Å². The van der Waals surface area contributed by atoms with Gasteiger partial charge < -0.3 is 20.3 Å². The van der Waals surface area contributed by atoms with Gasteiger partial charge in [0.2, 0.25) is 0 Å². The molecule has 0 bridgehead atoms. The molecule has 2 N–H and O–H groups in total. The predicted molar refractivity (Wildman–Crippen MR) is 188 cm³/mol. The summed E-state index contributed by atoms with van der Waals surface area (Å²) in [6.07, 6.45) is 1.42. The number of hydroxylamine groups is 4. The molecule has 0 aliphatic heterocycles. The molecule has 2 amide bonds. The summed E-state index contributed by atoms with van der Waals surface area (Å²) in [6, 6.07) is 39.8. The van der Waals surface area contributed by atoms with Crippen LogP contribution in [0.3, 0.4) is 0 Å². The molecule has 0 saturated heterocycles. The summed E-state index contributed by atoms with van der Waals surface area (Å²) in [7, 11) is 0. The van der Waals surface area contributed by atoms with E-state index in [9.17, 15) is 9.59 Å². The van der Waals surface area contributed by atoms with E-state index < -0.39 is 12.2 Å². The number of nitrogens with one attached hydrogen (secondary N) is 2. The highest BCUT2D eigenvalue weighted by Gasteiger charge is 2.42. The van der Waals surface area contributed by atoms with Crippen molar-refractivity contribution < 1.29 is 19.3 Å². The van der Waals surface area contributed by atoms with E-state index in [0.717, 1.165) is 35.1 Å². The van der Waals surface area contributed by atoms with Gasteiger partial charge in [-0.2, -0.15) is 0 Å². The molecule has 4 aromatic rings. The average Bonchev–Trinajstić information content (AvgIpc) is 3.05. The zero-order chi connectivity index (χ0) is 33.8. The fraction of sp³-hybridized carbons (Fsp3) is 0.350. The van der Waals surface area contributed by atoms with Crippen LogP contribution in [0.2, 0.25) is 0 Å². The minimum absolute atomic E-state index is 0.0586. The molecule has 0 heterocycles. The monoisotopic (exact) mass is 648 g/mol. The van der Waals surface area contributed by atoms with Crippen LogP contribution < -0.4 is 10.6 Å². The Hall–Kier alpha value is -4.66. The maximum Gasteiger partial charge on any atom is 0.426 e. The first-order valence-electron chi connectivity index (χ1n) is 16.7. The Balaban J connectivity index is 1.18. The van der Waals surface area contributed by atoms with Crippen LogP contribution >= 0.6 is 0 Å². The van der Waals surface area contributed by atoms with Gasteiger partial charge in [-0.05, 0) is 52.3 Å². The summed E-state index contributed by atoms with van der Waals surface area (Å²) in [4.78, 5) is 38.3. The fourth-order valence-corrected chi connectivity index (χ4v) is 7.00. The quantitative estimate of drug-likeness (QED) is 0.142. The lowest BCUT2D eigenvalue weighted by atomic mass is 9.62. The molecule has 0 spiro atoms. The van der Waals surface area contributed by atoms with Crippen LogP contribution in [0.15, 0.2) is 121 Å². The summed E-state index contributed by atoms with van der Waals surface area (Å²) < 4.78 is 0. The van der Waals surface area contributed by atoms with Crippen molar-refractivity contribution in [1.29, 1.82) is 0 Å². The maximum atomic E-state index is 13.3. The molecule has 1 fully saturated rings. The smallest absolute Gasteiger partial charge is 0.350 e. The number of nitrogens with zero attached hydrogens (tertiary/aromatic N) is 2. The Labute approximate surface area is 285 Å². The van der Waals surface area contributed by atoms with Crippen LogP contribution in [0.25, 0.3) is 0 Å². The first-order valence-corrected chi connectivity index (χ1v) is 16.7. The van der Waals surface area contributed by atoms with E-state index in [2.05, 4.69) is 31.4 Å². The van der Waals surface area contributed by atoms with Crippen molar-refractivity contribution in [3.8, 4) is 0 Å². The van der Waals surface area contributed by atoms with E-state index in [0.29, 0.717) is 39.1 Å². The Morgan fingerprint density at radius 1 is 0.604 bits per heavy atom. The summed E-state index contributed by atoms with van der Waals surface area (Å²) in [5, 5.41) is 9.57. The molecule has 2 atom stereocenters. The van der Waals surface area contributed by atoms with Gasteiger partial charge in [-0.15, -0.1) is 10.1 Å². The summed E-state index contributed by atoms with van der Waals surface area (Å²) in [5.41, 5.74) is 3.88. The van der Waals surface area contributed by atoms with Crippen LogP contribution in [-0.2, 0) is 35.9 Å². The first-order chi connectivity index (χ1) is 23.1. The lowest BCUT2D eigenvalue weighted by Gasteiger charge is -2.46. The molecule has 0 aromatic heterocycles. The molecule has 2 unspecified atom stereocenters. The number of carbonyl (C=O) groups excluding carboxylic acids is 2. The largest absolute Gasteiger partial charge is 0.426 e. The summed E-state index contributed by atoms with van der Waals surface area (Å²) in [5.74, 6) is 0. The molecule has 48 heavy (non-hydrogen) atoms. The van der Waals surface area contributed by atoms with Gasteiger partial charge in [0.1, 0.15) is 0 Å². The van der Waals surface area contributed by atoms with Crippen LogP contribution in [0, 0.1) is 10.8 Å². The maximum absolute atomic E-state index is 13.3. The number of hydrogen-bond donors (Lipinski definition) is 2. The van der Waals surface area contributed by atoms with E-state index in [4.69, 9.17) is 9.68 Å². The van der Waals surface area contributed by atoms with Crippen molar-refractivity contribution in [3.05, 3.63) is 144 Å². The standard InChI is InChI=1S/C40H48N4O4/c1-39(2)24-36(42-38(46)48-44(28-34-20-12-6-13-21-34)29-35-22-14-7-15-23-35)25-40(3,30-39)31-41-37(45)47-43(26-32-16-8-4-9-17-32)27-33-18-10-5-11-19-33/h4-23,36H,24-31H2,1-3H3,(H,41,45)(H,42,46). The third-order valence-electron chi connectivity index (χ3n) is 8.66. The highest BCUT2D eigenvalue weighted by molar-refractivity contribution is 5.67. The van der Waals surface area contributed by atoms with Gasteiger partial charge in [0.25, 0.3) is 0 Å². The Bertz CT molecular complexity index is 1490. The predicted octanol–water partition coefficient (Wildman–Crippen LogP) is 8.26. The third kappa shape index (κ3) is 11.2. The third-order valence-corrected chi connectivity index (χ3v) is 8.66. The van der Waals surface area contributed by atoms with E-state index in [1.165, 1.54) is 0 Å². The molecule has 0 radical (unpaired) electrons. The number of hydrogen-bond acceptors (Lipinski definition) is 6. The van der Waals surface area contributed by atoms with Crippen molar-refractivity contribution in [2.24, 2.45) is 10.8 Å². The van der Waals surface area contributed by atoms with Gasteiger partial charge in [-0.3, -0.25) is 0 Å². The van der Waals surface area contributed by atoms with Crippen molar-refractivity contribution in [2.45, 2.75) is 72.3 Å². The molecule has 252 valence electrons. The molecule has 1 aliphatic carbocycles. The van der Waals surface area contributed by atoms with Gasteiger partial charge in [0, 0.05) is 12.6 Å². The van der Waals surface area contributed by atoms with Gasteiger partial charge in [-0.25, -0.2) is 9.59 Å². The summed E-state index contributed by atoms with van der Waals surface area (Å²) >= 11 is 0. The van der Waals surface area contributed by atoms with Crippen LogP contribution in [-0.4, -0.2) is 34.9 Å². The molecular formula is C40H48N4O4. The number of rotatable bonds is 13. The topological polar surface area (TPSA) is 83.1 Å². The molecule has 5 rings (SSSR count). The molecule has 1 saturated carbocycles. The lowest BCUT2D eigenvalue weighted by molar-refractivity contribution is -0.118. The van der Waals surface area contributed by atoms with Gasteiger partial charge in [0.05, 0.1) is 26.2 Å². The van der Waals surface area contributed by atoms with Crippen molar-refractivity contribution in [2.75, 3.05) is 6.54 Å². The van der Waals surface area contributed by atoms with Crippen molar-refractivity contribution in [3.63, 3.8) is 0 Å². The average molecular weight is 649 g/mol. The molecule has 4 aromatic carbocycles. The second kappa shape index (κ2) is 16.4. The lowest BCUT2D eigenvalue weighted by Crippen LogP contribution is -2.51. The van der Waals surface area contributed by atoms with Gasteiger partial charge in [-0.1, -0.05) is 142 Å². The van der Waals surface area contributed by atoms with Crippen molar-refractivity contribution >= 4 is 12.2 Å². The highest BCUT2D eigenvalue weighted by Crippen LogP contribution is 2.45. The van der Waals surface area contributed by atoms with E-state index >= 15 is 0 Å². The van der Waals surface area contributed by atoms with Gasteiger partial charge >= 0.3 is 12.2 Å². The van der Waals surface area contributed by atoms with Crippen LogP contribution in [0.4, 0.5) is 9.59 Å². The van der Waals surface area contributed by atoms with E-state index in [1.54, 1.807) is 10.1 Å². The van der Waals surface area contributed by atoms with Crippen LogP contribution in [0.1, 0.15) is 62.3 Å². The second-order valence-corrected chi connectivity index (χ2v) is 14.1. The molecular weight excluding hydrogens is 600 g/mol. The molecule has 8 nitrogen and oxygen atoms in total. The Morgan fingerprint density at radius 3 is 1.38 bits per heavy atom. The SMILES string of the molecule is CC1(C)CC(NC(=O)ON(Cc2ccccc2)Cc2ccccc2)CC(C)(CNC(=O)ON(Cc2ccccc2)Cc2ccccc2)C1. The van der Waals surface area contributed by atoms with E-state index in [1.807, 2.05) is 121 Å². The van der Waals surface area contributed by atoms with E-state index in [-0.39, 0.29) is 16.9 Å². The Kier molecular flexibility index (Phi) is 11.9. The minimum atomic E-state index is -0.493. The fourth-order valence-electron chi connectivity index (χ4n) is 7.00. The minimum Gasteiger partial charge on any atom is -0.350 e. The zero-order valence-electron chi connectivity index (χ0n) is 28.3. The highest BCUT2D eigenvalue weighted by atomic mass is 16.7. The number of benzene rings is 4. The van der Waals surface area contributed by atoms with Crippen molar-refractivity contribution in [1.82, 2.24) is 20.8 Å². The number of amides is 2. The first kappa shape index (κ1) is 34.7. The molecule has 1 aliphatic rings. The Morgan fingerprint density at radius 2 is 0.979 bits per heavy atom. The normalized spacial score (nSPS) is 18.6. The summed E-state index contributed by atoms with van der Waals surface area (Å²) in [6.45, 7) is 8.87.